The van der Waals surface area contributed by atoms with Crippen molar-refractivity contribution in [3.05, 3.63) is 65.9 Å². The van der Waals surface area contributed by atoms with Crippen LogP contribution in [0.3, 0.4) is 0 Å². The lowest BCUT2D eigenvalue weighted by atomic mass is 9.82. The van der Waals surface area contributed by atoms with E-state index < -0.39 is 5.54 Å². The maximum atomic E-state index is 15.2. The molecule has 0 amide bonds. The van der Waals surface area contributed by atoms with Crippen molar-refractivity contribution in [2.24, 2.45) is 5.73 Å². The van der Waals surface area contributed by atoms with Crippen LogP contribution < -0.4 is 25.4 Å². The summed E-state index contributed by atoms with van der Waals surface area (Å²) in [5.74, 6) is 2.50. The molecular formula is C29H28FN9O2. The molecular weight excluding hydrogens is 525 g/mol. The van der Waals surface area contributed by atoms with Gasteiger partial charge in [-0.1, -0.05) is 12.1 Å². The zero-order valence-corrected chi connectivity index (χ0v) is 22.2. The lowest BCUT2D eigenvalue weighted by Gasteiger charge is -2.39. The molecule has 12 heteroatoms. The van der Waals surface area contributed by atoms with Crippen molar-refractivity contribution in [1.82, 2.24) is 30.4 Å². The molecule has 0 unspecified atom stereocenters. The van der Waals surface area contributed by atoms with Crippen LogP contribution >= 0.6 is 0 Å². The molecule has 0 spiro atoms. The number of hydrogen-bond acceptors (Lipinski definition) is 9. The van der Waals surface area contributed by atoms with E-state index in [2.05, 4.69) is 30.6 Å². The average Bonchev–Trinajstić information content (AvgIpc) is 3.35. The molecule has 41 heavy (non-hydrogen) atoms. The summed E-state index contributed by atoms with van der Waals surface area (Å²) in [6.45, 7) is 1.55. The van der Waals surface area contributed by atoms with E-state index in [9.17, 15) is 0 Å². The molecule has 2 aliphatic heterocycles. The average molecular weight is 554 g/mol. The fourth-order valence-electron chi connectivity index (χ4n) is 5.72. The van der Waals surface area contributed by atoms with E-state index in [1.165, 1.54) is 0 Å². The molecule has 0 bridgehead atoms. The molecule has 1 aliphatic carbocycles. The topological polar surface area (TPSA) is 143 Å². The molecule has 2 fully saturated rings. The van der Waals surface area contributed by atoms with Crippen molar-refractivity contribution in [1.29, 1.82) is 0 Å². The van der Waals surface area contributed by atoms with E-state index in [4.69, 9.17) is 25.2 Å². The summed E-state index contributed by atoms with van der Waals surface area (Å²) in [5.41, 5.74) is 10.6. The molecule has 8 rings (SSSR count). The Morgan fingerprint density at radius 3 is 2.66 bits per heavy atom. The monoisotopic (exact) mass is 553 g/mol. The number of rotatable bonds is 6. The number of H-pyrrole nitrogens is 2. The fraction of sp³-hybridized carbons (Fsp3) is 0.310. The third-order valence-electron chi connectivity index (χ3n) is 8.36. The SMILES string of the molecule is NC1(c2ccc3c(c2)OCO3)CCN(c2nc(Nc3n[nH]c(C4CC4)c3F)c3cc(-c4cn[nH]c4)ccc3n2)CC1. The highest BCUT2D eigenvalue weighted by molar-refractivity contribution is 5.94. The molecule has 0 radical (unpaired) electrons. The summed E-state index contributed by atoms with van der Waals surface area (Å²) < 4.78 is 26.3. The third-order valence-corrected chi connectivity index (χ3v) is 8.36. The highest BCUT2D eigenvalue weighted by Gasteiger charge is 2.35. The van der Waals surface area contributed by atoms with Gasteiger partial charge in [-0.15, -0.1) is 0 Å². The second-order valence-corrected chi connectivity index (χ2v) is 11.0. The molecule has 1 saturated carbocycles. The van der Waals surface area contributed by atoms with Gasteiger partial charge < -0.3 is 25.4 Å². The minimum atomic E-state index is -0.508. The van der Waals surface area contributed by atoms with Gasteiger partial charge in [0, 0.05) is 41.7 Å². The van der Waals surface area contributed by atoms with Gasteiger partial charge in [0.1, 0.15) is 5.82 Å². The first-order valence-corrected chi connectivity index (χ1v) is 13.8. The van der Waals surface area contributed by atoms with E-state index in [1.54, 1.807) is 6.20 Å². The van der Waals surface area contributed by atoms with Gasteiger partial charge in [0.2, 0.25) is 12.7 Å². The van der Waals surface area contributed by atoms with Crippen LogP contribution in [0, 0.1) is 5.82 Å². The van der Waals surface area contributed by atoms with Crippen molar-refractivity contribution in [2.45, 2.75) is 37.1 Å². The van der Waals surface area contributed by atoms with Gasteiger partial charge in [0.05, 0.1) is 17.4 Å². The number of anilines is 3. The van der Waals surface area contributed by atoms with Crippen LogP contribution in [-0.2, 0) is 5.54 Å². The number of aromatic nitrogens is 6. The summed E-state index contributed by atoms with van der Waals surface area (Å²) >= 11 is 0. The van der Waals surface area contributed by atoms with Crippen molar-refractivity contribution >= 4 is 28.5 Å². The van der Waals surface area contributed by atoms with Crippen LogP contribution in [0.4, 0.5) is 22.0 Å². The molecule has 1 saturated heterocycles. The van der Waals surface area contributed by atoms with Crippen LogP contribution in [0.15, 0.2) is 48.8 Å². The highest BCUT2D eigenvalue weighted by atomic mass is 19.1. The maximum Gasteiger partial charge on any atom is 0.231 e. The molecule has 3 aliphatic rings. The number of piperidine rings is 1. The van der Waals surface area contributed by atoms with Gasteiger partial charge >= 0.3 is 0 Å². The second-order valence-electron chi connectivity index (χ2n) is 11.0. The van der Waals surface area contributed by atoms with Gasteiger partial charge in [-0.2, -0.15) is 15.2 Å². The number of nitrogens with one attached hydrogen (secondary N) is 3. The number of halogens is 1. The van der Waals surface area contributed by atoms with Crippen LogP contribution in [0.1, 0.15) is 42.9 Å². The summed E-state index contributed by atoms with van der Waals surface area (Å²) in [6, 6.07) is 11.9. The van der Waals surface area contributed by atoms with E-state index in [1.807, 2.05) is 42.6 Å². The number of nitrogens with two attached hydrogens (primary N) is 1. The minimum absolute atomic E-state index is 0.133. The first-order chi connectivity index (χ1) is 20.0. The number of benzene rings is 2. The molecule has 3 aromatic heterocycles. The molecule has 0 atom stereocenters. The van der Waals surface area contributed by atoms with Gasteiger partial charge in [0.25, 0.3) is 0 Å². The standard InChI is InChI=1S/C29H28FN9O2/c30-24-25(16-1-2-16)37-38-27(24)35-26-20-11-17(18-13-32-33-14-18)3-5-21(20)34-28(36-26)39-9-7-29(31,8-10-39)19-4-6-22-23(12-19)41-15-40-22/h3-6,11-14,16H,1-2,7-10,15,31H2,(H,32,33)(H2,34,35,36,37,38). The van der Waals surface area contributed by atoms with E-state index >= 15 is 4.39 Å². The van der Waals surface area contributed by atoms with E-state index in [0.29, 0.717) is 43.4 Å². The third kappa shape index (κ3) is 4.22. The zero-order chi connectivity index (χ0) is 27.6. The van der Waals surface area contributed by atoms with Gasteiger partial charge in [-0.25, -0.2) is 9.37 Å². The molecule has 5 heterocycles. The van der Waals surface area contributed by atoms with Crippen LogP contribution in [0.5, 0.6) is 11.5 Å². The predicted molar refractivity (Wildman–Crippen MR) is 151 cm³/mol. The van der Waals surface area contributed by atoms with Crippen LogP contribution in [0.25, 0.3) is 22.0 Å². The Bertz CT molecular complexity index is 1760. The first kappa shape index (κ1) is 24.1. The van der Waals surface area contributed by atoms with Gasteiger partial charge in [-0.05, 0) is 61.1 Å². The highest BCUT2D eigenvalue weighted by Crippen LogP contribution is 2.42. The van der Waals surface area contributed by atoms with Crippen LogP contribution in [-0.4, -0.2) is 50.2 Å². The summed E-state index contributed by atoms with van der Waals surface area (Å²) in [6.07, 6.45) is 6.93. The maximum absolute atomic E-state index is 15.2. The second kappa shape index (κ2) is 9.16. The largest absolute Gasteiger partial charge is 0.454 e. The molecule has 5 N–H and O–H groups in total. The first-order valence-electron chi connectivity index (χ1n) is 13.8. The summed E-state index contributed by atoms with van der Waals surface area (Å²) in [4.78, 5) is 11.9. The smallest absolute Gasteiger partial charge is 0.231 e. The van der Waals surface area contributed by atoms with Gasteiger partial charge in [-0.3, -0.25) is 10.2 Å². The van der Waals surface area contributed by atoms with Crippen molar-refractivity contribution in [3.63, 3.8) is 0 Å². The Balaban J connectivity index is 1.12. The molecule has 11 nitrogen and oxygen atoms in total. The van der Waals surface area contributed by atoms with E-state index in [-0.39, 0.29) is 24.3 Å². The molecule has 2 aromatic carbocycles. The number of aromatic amines is 2. The Hall–Kier alpha value is -4.71. The zero-order valence-electron chi connectivity index (χ0n) is 22.2. The number of hydrogen-bond donors (Lipinski definition) is 4. The van der Waals surface area contributed by atoms with Gasteiger partial charge in [0.15, 0.2) is 23.1 Å². The normalized spacial score (nSPS) is 17.8. The quantitative estimate of drug-likeness (QED) is 0.236. The van der Waals surface area contributed by atoms with Crippen molar-refractivity contribution in [3.8, 4) is 22.6 Å². The number of nitrogens with zero attached hydrogens (tertiary/aromatic N) is 5. The number of ether oxygens (including phenoxy) is 2. The fourth-order valence-corrected chi connectivity index (χ4v) is 5.72. The Kier molecular flexibility index (Phi) is 5.39. The lowest BCUT2D eigenvalue weighted by molar-refractivity contribution is 0.174. The van der Waals surface area contributed by atoms with Crippen molar-refractivity contribution in [2.75, 3.05) is 30.1 Å². The van der Waals surface area contributed by atoms with E-state index in [0.717, 1.165) is 51.9 Å². The van der Waals surface area contributed by atoms with Crippen molar-refractivity contribution < 1.29 is 13.9 Å². The molecule has 208 valence electrons. The Labute approximate surface area is 234 Å². The molecule has 5 aromatic rings. The summed E-state index contributed by atoms with van der Waals surface area (Å²) in [5, 5.41) is 17.9. The Morgan fingerprint density at radius 1 is 1.00 bits per heavy atom. The minimum Gasteiger partial charge on any atom is -0.454 e. The predicted octanol–water partition coefficient (Wildman–Crippen LogP) is 4.69. The lowest BCUT2D eigenvalue weighted by Crippen LogP contribution is -2.48. The number of fused-ring (bicyclic) bond motifs is 2. The Morgan fingerprint density at radius 2 is 1.85 bits per heavy atom. The summed E-state index contributed by atoms with van der Waals surface area (Å²) in [7, 11) is 0. The van der Waals surface area contributed by atoms with Crippen LogP contribution in [0.2, 0.25) is 0 Å².